The van der Waals surface area contributed by atoms with Crippen molar-refractivity contribution < 1.29 is 19.4 Å². The van der Waals surface area contributed by atoms with Crippen LogP contribution in [-0.4, -0.2) is 22.9 Å². The number of hydrogen-bond donors (Lipinski definition) is 2. The van der Waals surface area contributed by atoms with Crippen LogP contribution in [0.15, 0.2) is 23.1 Å². The molecule has 2 amide bonds. The first kappa shape index (κ1) is 12.5. The van der Waals surface area contributed by atoms with E-state index in [1.807, 2.05) is 6.92 Å². The molecule has 94 valence electrons. The highest BCUT2D eigenvalue weighted by molar-refractivity contribution is 8.18. The maximum atomic E-state index is 11.3. The number of nitrogens with one attached hydrogen (secondary N) is 1. The Kier molecular flexibility index (Phi) is 3.57. The number of rotatable bonds is 3. The van der Waals surface area contributed by atoms with Gasteiger partial charge >= 0.3 is 0 Å². The molecule has 1 fully saturated rings. The standard InChI is InChI=1S/C12H11NO4S/c1-2-17-8-4-3-7(9(14)6-8)5-10-11(15)13-12(16)18-10/h3-6,14H,2H2,1H3,(H,13,15,16)/b10-5+. The molecule has 0 unspecified atom stereocenters. The van der Waals surface area contributed by atoms with Gasteiger partial charge < -0.3 is 9.84 Å². The molecular weight excluding hydrogens is 254 g/mol. The number of ether oxygens (including phenoxy) is 1. The van der Waals surface area contributed by atoms with Gasteiger partial charge in [0, 0.05) is 11.6 Å². The summed E-state index contributed by atoms with van der Waals surface area (Å²) < 4.78 is 5.23. The maximum absolute atomic E-state index is 11.3. The van der Waals surface area contributed by atoms with Gasteiger partial charge in [0.15, 0.2) is 0 Å². The fourth-order valence-electron chi connectivity index (χ4n) is 1.46. The molecule has 1 heterocycles. The second-order valence-corrected chi connectivity index (χ2v) is 4.52. The fraction of sp³-hybridized carbons (Fsp3) is 0.167. The summed E-state index contributed by atoms with van der Waals surface area (Å²) in [5.74, 6) is 0.108. The van der Waals surface area contributed by atoms with Crippen molar-refractivity contribution in [3.05, 3.63) is 28.7 Å². The third-order valence-corrected chi connectivity index (χ3v) is 3.05. The van der Waals surface area contributed by atoms with E-state index in [0.29, 0.717) is 17.9 Å². The van der Waals surface area contributed by atoms with E-state index in [0.717, 1.165) is 11.8 Å². The number of thioether (sulfide) groups is 1. The van der Waals surface area contributed by atoms with Crippen LogP contribution in [0.4, 0.5) is 4.79 Å². The second kappa shape index (κ2) is 5.14. The summed E-state index contributed by atoms with van der Waals surface area (Å²) in [7, 11) is 0. The van der Waals surface area contributed by atoms with Gasteiger partial charge in [0.05, 0.1) is 11.5 Å². The monoisotopic (exact) mass is 265 g/mol. The van der Waals surface area contributed by atoms with Crippen molar-refractivity contribution in [1.29, 1.82) is 0 Å². The summed E-state index contributed by atoms with van der Waals surface area (Å²) in [6.07, 6.45) is 1.47. The highest BCUT2D eigenvalue weighted by Crippen LogP contribution is 2.30. The number of carbonyl (C=O) groups excluding carboxylic acids is 2. The molecule has 2 N–H and O–H groups in total. The van der Waals surface area contributed by atoms with Gasteiger partial charge in [-0.2, -0.15) is 0 Å². The van der Waals surface area contributed by atoms with Gasteiger partial charge in [-0.1, -0.05) is 0 Å². The highest BCUT2D eigenvalue weighted by atomic mass is 32.2. The van der Waals surface area contributed by atoms with Gasteiger partial charge in [-0.25, -0.2) is 0 Å². The molecule has 0 saturated carbocycles. The molecule has 0 bridgehead atoms. The van der Waals surface area contributed by atoms with Crippen LogP contribution < -0.4 is 10.1 Å². The molecule has 0 radical (unpaired) electrons. The molecule has 6 heteroatoms. The van der Waals surface area contributed by atoms with E-state index in [1.54, 1.807) is 12.1 Å². The van der Waals surface area contributed by atoms with E-state index < -0.39 is 11.1 Å². The fourth-order valence-corrected chi connectivity index (χ4v) is 2.14. The maximum Gasteiger partial charge on any atom is 0.290 e. The third kappa shape index (κ3) is 2.65. The highest BCUT2D eigenvalue weighted by Gasteiger charge is 2.25. The Morgan fingerprint density at radius 1 is 1.44 bits per heavy atom. The minimum atomic E-state index is -0.446. The quantitative estimate of drug-likeness (QED) is 0.819. The van der Waals surface area contributed by atoms with E-state index in [1.165, 1.54) is 12.1 Å². The van der Waals surface area contributed by atoms with E-state index in [9.17, 15) is 14.7 Å². The van der Waals surface area contributed by atoms with Crippen LogP contribution in [0.2, 0.25) is 0 Å². The van der Waals surface area contributed by atoms with Gasteiger partial charge in [0.2, 0.25) is 0 Å². The van der Waals surface area contributed by atoms with Gasteiger partial charge in [-0.05, 0) is 36.9 Å². The number of hydrogen-bond acceptors (Lipinski definition) is 5. The molecule has 1 aromatic carbocycles. The zero-order valence-corrected chi connectivity index (χ0v) is 10.4. The molecule has 1 aromatic rings. The SMILES string of the molecule is CCOc1ccc(/C=C2/SC(=O)NC2=O)c(O)c1. The van der Waals surface area contributed by atoms with Crippen molar-refractivity contribution in [1.82, 2.24) is 5.32 Å². The molecule has 0 aromatic heterocycles. The van der Waals surface area contributed by atoms with Crippen molar-refractivity contribution in [3.63, 3.8) is 0 Å². The van der Waals surface area contributed by atoms with Crippen molar-refractivity contribution in [3.8, 4) is 11.5 Å². The first-order valence-electron chi connectivity index (χ1n) is 5.31. The molecule has 1 saturated heterocycles. The summed E-state index contributed by atoms with van der Waals surface area (Å²) in [6.45, 7) is 2.35. The summed E-state index contributed by atoms with van der Waals surface area (Å²) >= 11 is 0.811. The van der Waals surface area contributed by atoms with Gasteiger partial charge in [0.1, 0.15) is 11.5 Å². The molecule has 2 rings (SSSR count). The Labute approximate surface area is 108 Å². The van der Waals surface area contributed by atoms with Crippen molar-refractivity contribution >= 4 is 29.0 Å². The average molecular weight is 265 g/mol. The van der Waals surface area contributed by atoms with Gasteiger partial charge in [-0.3, -0.25) is 14.9 Å². The van der Waals surface area contributed by atoms with E-state index in [4.69, 9.17) is 4.74 Å². The smallest absolute Gasteiger partial charge is 0.290 e. The van der Waals surface area contributed by atoms with Crippen LogP contribution in [-0.2, 0) is 4.79 Å². The zero-order valence-electron chi connectivity index (χ0n) is 9.60. The summed E-state index contributed by atoms with van der Waals surface area (Å²) in [6, 6.07) is 4.79. The van der Waals surface area contributed by atoms with E-state index >= 15 is 0 Å². The second-order valence-electron chi connectivity index (χ2n) is 3.51. The topological polar surface area (TPSA) is 75.6 Å². The Hall–Kier alpha value is -1.95. The number of imide groups is 1. The predicted octanol–water partition coefficient (Wildman–Crippen LogP) is 2.11. The van der Waals surface area contributed by atoms with Crippen LogP contribution >= 0.6 is 11.8 Å². The number of phenols is 1. The number of amides is 2. The normalized spacial score (nSPS) is 17.1. The van der Waals surface area contributed by atoms with Crippen LogP contribution in [0.1, 0.15) is 12.5 Å². The predicted molar refractivity (Wildman–Crippen MR) is 68.4 cm³/mol. The Morgan fingerprint density at radius 2 is 2.22 bits per heavy atom. The lowest BCUT2D eigenvalue weighted by molar-refractivity contribution is -0.115. The lowest BCUT2D eigenvalue weighted by Crippen LogP contribution is -2.17. The molecule has 1 aliphatic heterocycles. The number of carbonyl (C=O) groups is 2. The van der Waals surface area contributed by atoms with Crippen LogP contribution in [0.5, 0.6) is 11.5 Å². The molecule has 18 heavy (non-hydrogen) atoms. The average Bonchev–Trinajstić information content (AvgIpc) is 2.62. The molecule has 0 aliphatic carbocycles. The summed E-state index contributed by atoms with van der Waals surface area (Å²) in [5, 5.41) is 11.5. The Morgan fingerprint density at radius 3 is 2.78 bits per heavy atom. The van der Waals surface area contributed by atoms with Gasteiger partial charge in [0.25, 0.3) is 11.1 Å². The summed E-state index contributed by atoms with van der Waals surface area (Å²) in [4.78, 5) is 22.6. The van der Waals surface area contributed by atoms with E-state index in [2.05, 4.69) is 5.32 Å². The largest absolute Gasteiger partial charge is 0.507 e. The number of phenolic OH excluding ortho intramolecular Hbond substituents is 1. The van der Waals surface area contributed by atoms with E-state index in [-0.39, 0.29) is 10.7 Å². The first-order valence-corrected chi connectivity index (χ1v) is 6.12. The molecule has 0 atom stereocenters. The lowest BCUT2D eigenvalue weighted by Gasteiger charge is -2.05. The Bertz CT molecular complexity index is 539. The van der Waals surface area contributed by atoms with Crippen molar-refractivity contribution in [2.24, 2.45) is 0 Å². The third-order valence-electron chi connectivity index (χ3n) is 2.24. The number of aromatic hydroxyl groups is 1. The first-order chi connectivity index (χ1) is 8.60. The molecule has 5 nitrogen and oxygen atoms in total. The lowest BCUT2D eigenvalue weighted by atomic mass is 10.1. The van der Waals surface area contributed by atoms with Crippen LogP contribution in [0.25, 0.3) is 6.08 Å². The van der Waals surface area contributed by atoms with Gasteiger partial charge in [-0.15, -0.1) is 0 Å². The minimum Gasteiger partial charge on any atom is -0.507 e. The molecular formula is C12H11NO4S. The summed E-state index contributed by atoms with van der Waals surface area (Å²) in [5.41, 5.74) is 0.464. The molecule has 1 aliphatic rings. The Balaban J connectivity index is 2.27. The minimum absolute atomic E-state index is 0.00111. The number of benzene rings is 1. The van der Waals surface area contributed by atoms with Crippen molar-refractivity contribution in [2.75, 3.05) is 6.61 Å². The van der Waals surface area contributed by atoms with Crippen LogP contribution in [0, 0.1) is 0 Å². The zero-order chi connectivity index (χ0) is 13.1. The van der Waals surface area contributed by atoms with Crippen molar-refractivity contribution in [2.45, 2.75) is 6.92 Å². The van der Waals surface area contributed by atoms with Crippen LogP contribution in [0.3, 0.4) is 0 Å². The molecule has 0 spiro atoms.